The molecule has 5 N–H and O–H groups in total. The summed E-state index contributed by atoms with van der Waals surface area (Å²) in [5, 5.41) is 2.71. The van der Waals surface area contributed by atoms with Crippen molar-refractivity contribution >= 4 is 11.8 Å². The van der Waals surface area contributed by atoms with Crippen molar-refractivity contribution in [1.82, 2.24) is 10.2 Å². The number of hydrogen-bond donors (Lipinski definition) is 3. The van der Waals surface area contributed by atoms with Crippen molar-refractivity contribution in [2.24, 2.45) is 11.5 Å². The predicted octanol–water partition coefficient (Wildman–Crippen LogP) is -1.83. The minimum absolute atomic E-state index is 0.000854. The monoisotopic (exact) mass is 270 g/mol. The first-order valence-corrected chi connectivity index (χ1v) is 6.73. The SMILES string of the molecule is NC(=O)CC(N)C(=O)NCC1CN2CCCC2CO1. The van der Waals surface area contributed by atoms with Crippen molar-refractivity contribution in [2.75, 3.05) is 26.2 Å². The van der Waals surface area contributed by atoms with Gasteiger partial charge in [0.1, 0.15) is 0 Å². The van der Waals surface area contributed by atoms with Crippen LogP contribution in [0.5, 0.6) is 0 Å². The molecule has 0 aromatic rings. The fourth-order valence-electron chi connectivity index (χ4n) is 2.66. The molecule has 2 amide bonds. The van der Waals surface area contributed by atoms with Gasteiger partial charge in [-0.2, -0.15) is 0 Å². The summed E-state index contributed by atoms with van der Waals surface area (Å²) in [4.78, 5) is 24.7. The first-order valence-electron chi connectivity index (χ1n) is 6.73. The highest BCUT2D eigenvalue weighted by atomic mass is 16.5. The van der Waals surface area contributed by atoms with Crippen LogP contribution in [-0.4, -0.2) is 61.1 Å². The summed E-state index contributed by atoms with van der Waals surface area (Å²) in [6.45, 7) is 3.11. The molecule has 3 unspecified atom stereocenters. The number of fused-ring (bicyclic) bond motifs is 1. The van der Waals surface area contributed by atoms with Crippen LogP contribution in [0.3, 0.4) is 0 Å². The van der Waals surface area contributed by atoms with Gasteiger partial charge >= 0.3 is 0 Å². The summed E-state index contributed by atoms with van der Waals surface area (Å²) < 4.78 is 5.71. The van der Waals surface area contributed by atoms with Gasteiger partial charge in [0.2, 0.25) is 11.8 Å². The fourth-order valence-corrected chi connectivity index (χ4v) is 2.66. The van der Waals surface area contributed by atoms with Gasteiger partial charge in [-0.25, -0.2) is 0 Å². The van der Waals surface area contributed by atoms with E-state index in [1.54, 1.807) is 0 Å². The zero-order chi connectivity index (χ0) is 13.8. The molecular weight excluding hydrogens is 248 g/mol. The van der Waals surface area contributed by atoms with Crippen LogP contribution in [0, 0.1) is 0 Å². The van der Waals surface area contributed by atoms with Crippen molar-refractivity contribution in [2.45, 2.75) is 37.5 Å². The summed E-state index contributed by atoms with van der Waals surface area (Å²) in [5.74, 6) is -0.928. The number of rotatable bonds is 5. The second-order valence-corrected chi connectivity index (χ2v) is 5.27. The largest absolute Gasteiger partial charge is 0.373 e. The van der Waals surface area contributed by atoms with Gasteiger partial charge < -0.3 is 21.5 Å². The van der Waals surface area contributed by atoms with Crippen LogP contribution in [0.1, 0.15) is 19.3 Å². The topological polar surface area (TPSA) is 111 Å². The van der Waals surface area contributed by atoms with Crippen molar-refractivity contribution < 1.29 is 14.3 Å². The molecular formula is C12H22N4O3. The van der Waals surface area contributed by atoms with Crippen LogP contribution in [0.25, 0.3) is 0 Å². The Morgan fingerprint density at radius 1 is 1.47 bits per heavy atom. The Morgan fingerprint density at radius 2 is 2.26 bits per heavy atom. The van der Waals surface area contributed by atoms with Crippen molar-refractivity contribution in [3.05, 3.63) is 0 Å². The standard InChI is InChI=1S/C12H22N4O3/c13-10(4-11(14)17)12(18)15-5-9-6-16-3-1-2-8(16)7-19-9/h8-10H,1-7,13H2,(H2,14,17)(H,15,18). The summed E-state index contributed by atoms with van der Waals surface area (Å²) in [6, 6.07) is -0.329. The van der Waals surface area contributed by atoms with Crippen molar-refractivity contribution in [1.29, 1.82) is 0 Å². The Morgan fingerprint density at radius 3 is 3.00 bits per heavy atom. The number of nitrogens with zero attached hydrogens (tertiary/aromatic N) is 1. The number of morpholine rings is 1. The molecule has 2 heterocycles. The molecule has 0 aliphatic carbocycles. The van der Waals surface area contributed by atoms with E-state index in [1.165, 1.54) is 12.8 Å². The van der Waals surface area contributed by atoms with Crippen LogP contribution in [0.2, 0.25) is 0 Å². The zero-order valence-corrected chi connectivity index (χ0v) is 11.0. The molecule has 2 fully saturated rings. The smallest absolute Gasteiger partial charge is 0.237 e. The van der Waals surface area contributed by atoms with Gasteiger partial charge in [0.25, 0.3) is 0 Å². The number of ether oxygens (including phenoxy) is 1. The van der Waals surface area contributed by atoms with E-state index in [9.17, 15) is 9.59 Å². The average molecular weight is 270 g/mol. The summed E-state index contributed by atoms with van der Waals surface area (Å²) in [5.41, 5.74) is 10.6. The van der Waals surface area contributed by atoms with Crippen molar-refractivity contribution in [3.8, 4) is 0 Å². The number of amides is 2. The predicted molar refractivity (Wildman–Crippen MR) is 69.1 cm³/mol. The highest BCUT2D eigenvalue weighted by Gasteiger charge is 2.32. The Bertz CT molecular complexity index is 350. The van der Waals surface area contributed by atoms with E-state index in [-0.39, 0.29) is 18.4 Å². The minimum Gasteiger partial charge on any atom is -0.373 e. The van der Waals surface area contributed by atoms with Gasteiger partial charge in [0, 0.05) is 19.1 Å². The normalized spacial score (nSPS) is 28.7. The first kappa shape index (κ1) is 14.2. The van der Waals surface area contributed by atoms with Gasteiger partial charge in [-0.1, -0.05) is 0 Å². The van der Waals surface area contributed by atoms with E-state index in [4.69, 9.17) is 16.2 Å². The minimum atomic E-state index is -0.874. The molecule has 2 rings (SSSR count). The molecule has 7 heteroatoms. The molecule has 2 aliphatic heterocycles. The van der Waals surface area contributed by atoms with Crippen LogP contribution in [-0.2, 0) is 14.3 Å². The molecule has 0 radical (unpaired) electrons. The molecule has 0 aromatic heterocycles. The van der Waals surface area contributed by atoms with Gasteiger partial charge in [-0.15, -0.1) is 0 Å². The third kappa shape index (κ3) is 3.89. The maximum Gasteiger partial charge on any atom is 0.237 e. The lowest BCUT2D eigenvalue weighted by Gasteiger charge is -2.35. The van der Waals surface area contributed by atoms with Crippen LogP contribution in [0.15, 0.2) is 0 Å². The Labute approximate surface area is 112 Å². The number of nitrogens with one attached hydrogen (secondary N) is 1. The summed E-state index contributed by atoms with van der Waals surface area (Å²) in [7, 11) is 0. The highest BCUT2D eigenvalue weighted by Crippen LogP contribution is 2.22. The molecule has 0 saturated carbocycles. The molecule has 108 valence electrons. The number of primary amides is 1. The summed E-state index contributed by atoms with van der Waals surface area (Å²) >= 11 is 0. The number of hydrogen-bond acceptors (Lipinski definition) is 5. The van der Waals surface area contributed by atoms with E-state index in [1.807, 2.05) is 0 Å². The van der Waals surface area contributed by atoms with Gasteiger partial charge in [-0.05, 0) is 19.4 Å². The third-order valence-electron chi connectivity index (χ3n) is 3.72. The number of carbonyl (C=O) groups is 2. The van der Waals surface area contributed by atoms with E-state index < -0.39 is 11.9 Å². The second-order valence-electron chi connectivity index (χ2n) is 5.27. The maximum atomic E-state index is 11.6. The lowest BCUT2D eigenvalue weighted by molar-refractivity contribution is -0.127. The average Bonchev–Trinajstić information content (AvgIpc) is 2.82. The van der Waals surface area contributed by atoms with Crippen LogP contribution in [0.4, 0.5) is 0 Å². The molecule has 7 nitrogen and oxygen atoms in total. The van der Waals surface area contributed by atoms with E-state index in [0.717, 1.165) is 19.7 Å². The van der Waals surface area contributed by atoms with E-state index >= 15 is 0 Å². The fraction of sp³-hybridized carbons (Fsp3) is 0.833. The Hall–Kier alpha value is -1.18. The van der Waals surface area contributed by atoms with Gasteiger partial charge in [0.15, 0.2) is 0 Å². The third-order valence-corrected chi connectivity index (χ3v) is 3.72. The zero-order valence-electron chi connectivity index (χ0n) is 11.0. The molecule has 2 aliphatic rings. The lowest BCUT2D eigenvalue weighted by Crippen LogP contribution is -2.52. The molecule has 0 bridgehead atoms. The van der Waals surface area contributed by atoms with Crippen molar-refractivity contribution in [3.63, 3.8) is 0 Å². The number of nitrogens with two attached hydrogens (primary N) is 2. The molecule has 2 saturated heterocycles. The van der Waals surface area contributed by atoms with E-state index in [2.05, 4.69) is 10.2 Å². The Kier molecular flexibility index (Phi) is 4.73. The van der Waals surface area contributed by atoms with Gasteiger partial charge in [0.05, 0.1) is 25.2 Å². The maximum absolute atomic E-state index is 11.6. The van der Waals surface area contributed by atoms with Crippen LogP contribution < -0.4 is 16.8 Å². The van der Waals surface area contributed by atoms with Crippen LogP contribution >= 0.6 is 0 Å². The van der Waals surface area contributed by atoms with Gasteiger partial charge in [-0.3, -0.25) is 14.5 Å². The molecule has 19 heavy (non-hydrogen) atoms. The molecule has 0 aromatic carbocycles. The highest BCUT2D eigenvalue weighted by molar-refractivity contribution is 5.87. The second kappa shape index (κ2) is 6.31. The summed E-state index contributed by atoms with van der Waals surface area (Å²) in [6.07, 6.45) is 2.28. The first-order chi connectivity index (χ1) is 9.06. The Balaban J connectivity index is 1.70. The quantitative estimate of drug-likeness (QED) is 0.544. The lowest BCUT2D eigenvalue weighted by atomic mass is 10.1. The molecule has 3 atom stereocenters. The number of carbonyl (C=O) groups excluding carboxylic acids is 2. The van der Waals surface area contributed by atoms with E-state index in [0.29, 0.717) is 12.6 Å². The molecule has 0 spiro atoms.